The summed E-state index contributed by atoms with van der Waals surface area (Å²) >= 11 is 0. The summed E-state index contributed by atoms with van der Waals surface area (Å²) in [6, 6.07) is 0. The highest BCUT2D eigenvalue weighted by molar-refractivity contribution is 6.15. The summed E-state index contributed by atoms with van der Waals surface area (Å²) in [5, 5.41) is 8.55. The molecule has 1 N–H and O–H groups in total. The van der Waals surface area contributed by atoms with Crippen LogP contribution in [0.4, 0.5) is 0 Å². The van der Waals surface area contributed by atoms with E-state index >= 15 is 0 Å². The summed E-state index contributed by atoms with van der Waals surface area (Å²) in [7, 11) is 1.31. The lowest BCUT2D eigenvalue weighted by Gasteiger charge is -2.03. The van der Waals surface area contributed by atoms with Gasteiger partial charge in [-0.1, -0.05) is 19.7 Å². The zero-order valence-corrected chi connectivity index (χ0v) is 7.41. The lowest BCUT2D eigenvalue weighted by Crippen LogP contribution is -2.13. The predicted octanol–water partition coefficient (Wildman–Crippen LogP) is 1.37. The molecular formula is C9H11NO3. The Morgan fingerprint density at radius 3 is 2.38 bits per heavy atom. The van der Waals surface area contributed by atoms with Crippen LogP contribution in [-0.2, 0) is 9.53 Å². The maximum atomic E-state index is 10.5. The highest BCUT2D eigenvalue weighted by Gasteiger charge is 2.12. The fourth-order valence-corrected chi connectivity index (χ4v) is 0.504. The van der Waals surface area contributed by atoms with Gasteiger partial charge in [-0.15, -0.1) is 0 Å². The molecule has 0 bridgehead atoms. The topological polar surface area (TPSA) is 58.9 Å². The number of methoxy groups -OCH3 is 1. The third-order valence-electron chi connectivity index (χ3n) is 1.19. The number of allylic oxidation sites excluding steroid dienone is 1. The Morgan fingerprint density at radius 1 is 1.54 bits per heavy atom. The zero-order valence-electron chi connectivity index (χ0n) is 7.41. The maximum absolute atomic E-state index is 10.5. The number of rotatable bonds is 4. The third kappa shape index (κ3) is 3.37. The van der Waals surface area contributed by atoms with Gasteiger partial charge in [0.05, 0.1) is 12.8 Å². The van der Waals surface area contributed by atoms with Crippen molar-refractivity contribution >= 4 is 11.9 Å². The molecule has 0 aromatic carbocycles. The van der Waals surface area contributed by atoms with Crippen LogP contribution in [-0.4, -0.2) is 24.1 Å². The molecule has 0 unspecified atom stereocenters. The average Bonchev–Trinajstić information content (AvgIpc) is 2.12. The van der Waals surface area contributed by atoms with Crippen molar-refractivity contribution in [1.29, 1.82) is 0 Å². The summed E-state index contributed by atoms with van der Waals surface area (Å²) in [6.45, 7) is 10.2. The van der Waals surface area contributed by atoms with Gasteiger partial charge in [-0.05, 0) is 6.08 Å². The molecule has 0 radical (unpaired) electrons. The van der Waals surface area contributed by atoms with Crippen molar-refractivity contribution in [3.8, 4) is 0 Å². The van der Waals surface area contributed by atoms with Crippen molar-refractivity contribution in [1.82, 2.24) is 0 Å². The molecule has 0 aliphatic heterocycles. The largest absolute Gasteiger partial charge is 0.480 e. The van der Waals surface area contributed by atoms with Gasteiger partial charge in [-0.2, -0.15) is 0 Å². The molecule has 0 fully saturated rings. The Balaban J connectivity index is 4.79. The van der Waals surface area contributed by atoms with E-state index in [0.29, 0.717) is 5.70 Å². The van der Waals surface area contributed by atoms with Gasteiger partial charge in [-0.3, -0.25) is 0 Å². The summed E-state index contributed by atoms with van der Waals surface area (Å²) in [4.78, 5) is 14.2. The fraction of sp³-hybridized carbons (Fsp3) is 0.111. The van der Waals surface area contributed by atoms with Crippen LogP contribution in [0.1, 0.15) is 0 Å². The zero-order chi connectivity index (χ0) is 10.4. The van der Waals surface area contributed by atoms with E-state index in [1.54, 1.807) is 0 Å². The molecule has 0 aliphatic rings. The molecule has 70 valence electrons. The molecule has 0 atom stereocenters. The number of aliphatic imine (C=N–C) groups is 1. The monoisotopic (exact) mass is 181 g/mol. The highest BCUT2D eigenvalue weighted by Crippen LogP contribution is 2.02. The molecule has 0 heterocycles. The van der Waals surface area contributed by atoms with Crippen LogP contribution in [0.5, 0.6) is 0 Å². The standard InChI is InChI=1S/C9H11NO3/c1-5-6(2)10-8(13-4)7(3)9(11)12/h5H,1-3H2,4H3,(H,11,12). The van der Waals surface area contributed by atoms with Crippen molar-refractivity contribution in [3.63, 3.8) is 0 Å². The number of carboxylic acids is 1. The molecule has 4 nitrogen and oxygen atoms in total. The minimum absolute atomic E-state index is 0.0719. The Morgan fingerprint density at radius 2 is 2.08 bits per heavy atom. The molecule has 0 aromatic rings. The van der Waals surface area contributed by atoms with Crippen LogP contribution >= 0.6 is 0 Å². The molecule has 0 amide bonds. The van der Waals surface area contributed by atoms with Crippen molar-refractivity contribution in [2.45, 2.75) is 0 Å². The van der Waals surface area contributed by atoms with Gasteiger partial charge in [0.2, 0.25) is 5.90 Å². The van der Waals surface area contributed by atoms with Crippen LogP contribution < -0.4 is 0 Å². The Labute approximate surface area is 76.6 Å². The van der Waals surface area contributed by atoms with Crippen LogP contribution in [0.3, 0.4) is 0 Å². The summed E-state index contributed by atoms with van der Waals surface area (Å²) in [5.74, 6) is -1.25. The molecule has 0 saturated heterocycles. The number of hydrogen-bond donors (Lipinski definition) is 1. The van der Waals surface area contributed by atoms with E-state index in [9.17, 15) is 4.79 Å². The predicted molar refractivity (Wildman–Crippen MR) is 50.6 cm³/mol. The van der Waals surface area contributed by atoms with Gasteiger partial charge < -0.3 is 9.84 Å². The van der Waals surface area contributed by atoms with E-state index in [0.717, 1.165) is 0 Å². The smallest absolute Gasteiger partial charge is 0.340 e. The molecule has 0 aromatic heterocycles. The number of ether oxygens (including phenoxy) is 1. The first-order valence-corrected chi connectivity index (χ1v) is 3.39. The van der Waals surface area contributed by atoms with E-state index in [1.165, 1.54) is 13.2 Å². The molecule has 0 aliphatic carbocycles. The lowest BCUT2D eigenvalue weighted by atomic mass is 10.3. The SMILES string of the molecule is C=CC(=C)N=C(OC)C(=C)C(=O)O. The fourth-order valence-electron chi connectivity index (χ4n) is 0.504. The van der Waals surface area contributed by atoms with Crippen LogP contribution in [0.15, 0.2) is 42.1 Å². The van der Waals surface area contributed by atoms with E-state index in [-0.39, 0.29) is 11.5 Å². The van der Waals surface area contributed by atoms with Gasteiger partial charge >= 0.3 is 5.97 Å². The summed E-state index contributed by atoms with van der Waals surface area (Å²) in [5.41, 5.74) is 0.102. The van der Waals surface area contributed by atoms with Gasteiger partial charge in [0.1, 0.15) is 5.57 Å². The van der Waals surface area contributed by atoms with Crippen LogP contribution in [0.25, 0.3) is 0 Å². The summed E-state index contributed by atoms with van der Waals surface area (Å²) < 4.78 is 4.71. The second kappa shape index (κ2) is 4.92. The van der Waals surface area contributed by atoms with Gasteiger partial charge in [0, 0.05) is 0 Å². The number of nitrogens with zero attached hydrogens (tertiary/aromatic N) is 1. The average molecular weight is 181 g/mol. The van der Waals surface area contributed by atoms with Crippen molar-refractivity contribution in [3.05, 3.63) is 37.1 Å². The van der Waals surface area contributed by atoms with Gasteiger partial charge in [0.15, 0.2) is 0 Å². The molecule has 0 rings (SSSR count). The normalized spacial score (nSPS) is 10.4. The van der Waals surface area contributed by atoms with E-state index in [4.69, 9.17) is 9.84 Å². The number of hydrogen-bond acceptors (Lipinski definition) is 3. The van der Waals surface area contributed by atoms with Crippen LogP contribution in [0.2, 0.25) is 0 Å². The van der Waals surface area contributed by atoms with Crippen molar-refractivity contribution in [2.75, 3.05) is 7.11 Å². The molecule has 13 heavy (non-hydrogen) atoms. The highest BCUT2D eigenvalue weighted by atomic mass is 16.5. The second-order valence-electron chi connectivity index (χ2n) is 2.10. The van der Waals surface area contributed by atoms with E-state index in [2.05, 4.69) is 24.7 Å². The van der Waals surface area contributed by atoms with Crippen molar-refractivity contribution < 1.29 is 14.6 Å². The van der Waals surface area contributed by atoms with E-state index in [1.807, 2.05) is 0 Å². The number of carbonyl (C=O) groups is 1. The van der Waals surface area contributed by atoms with Gasteiger partial charge in [-0.25, -0.2) is 9.79 Å². The van der Waals surface area contributed by atoms with E-state index < -0.39 is 5.97 Å². The Kier molecular flexibility index (Phi) is 4.23. The first-order valence-electron chi connectivity index (χ1n) is 3.39. The molecule has 4 heteroatoms. The number of aliphatic carboxylic acids is 1. The third-order valence-corrected chi connectivity index (χ3v) is 1.19. The maximum Gasteiger partial charge on any atom is 0.340 e. The second-order valence-corrected chi connectivity index (χ2v) is 2.10. The summed E-state index contributed by atoms with van der Waals surface area (Å²) in [6.07, 6.45) is 1.38. The van der Waals surface area contributed by atoms with Crippen LogP contribution in [0, 0.1) is 0 Å². The number of carboxylic acid groups (broad SMARTS) is 1. The minimum atomic E-state index is -1.18. The van der Waals surface area contributed by atoms with Gasteiger partial charge in [0.25, 0.3) is 0 Å². The first kappa shape index (κ1) is 11.2. The lowest BCUT2D eigenvalue weighted by molar-refractivity contribution is -0.132. The first-order chi connectivity index (χ1) is 6.02. The Hall–Kier alpha value is -1.84. The Bertz CT molecular complexity index is 289. The minimum Gasteiger partial charge on any atom is -0.480 e. The van der Waals surface area contributed by atoms with Crippen molar-refractivity contribution in [2.24, 2.45) is 4.99 Å². The molecule has 0 saturated carbocycles. The molecular weight excluding hydrogens is 170 g/mol. The quantitative estimate of drug-likeness (QED) is 0.308. The molecule has 0 spiro atoms.